The third kappa shape index (κ3) is 9.59. The van der Waals surface area contributed by atoms with Crippen LogP contribution in [0, 0.1) is 0 Å². The van der Waals surface area contributed by atoms with E-state index in [1.807, 2.05) is 18.2 Å². The second-order valence-corrected chi connectivity index (χ2v) is 4.66. The van der Waals surface area contributed by atoms with Crippen LogP contribution in [0.4, 0.5) is 0 Å². The third-order valence-corrected chi connectivity index (χ3v) is 2.88. The number of carbonyl (C=O) groups excluding carboxylic acids is 1. The maximum Gasteiger partial charge on any atom is 0.265 e. The van der Waals surface area contributed by atoms with Gasteiger partial charge in [-0.15, -0.1) is 0 Å². The minimum Gasteiger partial charge on any atom is -0.411 e. The van der Waals surface area contributed by atoms with E-state index in [1.165, 1.54) is 5.56 Å². The molecular formula is C15H24N4O2. The van der Waals surface area contributed by atoms with Gasteiger partial charge in [0.25, 0.3) is 5.91 Å². The average Bonchev–Trinajstić information content (AvgIpc) is 2.50. The molecule has 0 saturated heterocycles. The Hall–Kier alpha value is -1.92. The van der Waals surface area contributed by atoms with Crippen LogP contribution < -0.4 is 16.0 Å². The minimum atomic E-state index is -0.373. The van der Waals surface area contributed by atoms with Crippen molar-refractivity contribution in [2.75, 3.05) is 26.2 Å². The molecule has 1 rings (SSSR count). The van der Waals surface area contributed by atoms with Crippen molar-refractivity contribution in [1.29, 1.82) is 0 Å². The van der Waals surface area contributed by atoms with Gasteiger partial charge >= 0.3 is 0 Å². The molecule has 1 aromatic carbocycles. The molecule has 0 atom stereocenters. The van der Waals surface area contributed by atoms with E-state index in [0.29, 0.717) is 6.54 Å². The van der Waals surface area contributed by atoms with E-state index in [-0.39, 0.29) is 5.91 Å². The first kappa shape index (κ1) is 17.1. The lowest BCUT2D eigenvalue weighted by molar-refractivity contribution is -0.114. The van der Waals surface area contributed by atoms with Gasteiger partial charge in [-0.1, -0.05) is 35.5 Å². The van der Waals surface area contributed by atoms with E-state index < -0.39 is 0 Å². The van der Waals surface area contributed by atoms with Gasteiger partial charge in [-0.05, 0) is 38.0 Å². The molecule has 1 amide bonds. The standard InChI is InChI=1S/C15H24N4O2/c20-15(13-19-21)18-11-5-9-16-8-4-10-17-12-14-6-2-1-3-7-14/h1-3,6-7,13,16-17,21H,4-5,8-12H2,(H,18,20)/b19-13-. The number of oxime groups is 1. The second-order valence-electron chi connectivity index (χ2n) is 4.66. The number of hydrogen-bond donors (Lipinski definition) is 4. The maximum absolute atomic E-state index is 10.9. The SMILES string of the molecule is O=C(/C=N\O)NCCCNCCCNCc1ccccc1. The first-order valence-corrected chi connectivity index (χ1v) is 7.23. The van der Waals surface area contributed by atoms with Gasteiger partial charge < -0.3 is 21.2 Å². The van der Waals surface area contributed by atoms with Crippen LogP contribution in [-0.4, -0.2) is 43.5 Å². The molecule has 0 saturated carbocycles. The molecule has 0 heterocycles. The normalized spacial score (nSPS) is 10.9. The first-order valence-electron chi connectivity index (χ1n) is 7.23. The number of benzene rings is 1. The van der Waals surface area contributed by atoms with Crippen LogP contribution in [0.5, 0.6) is 0 Å². The zero-order valence-corrected chi connectivity index (χ0v) is 12.2. The summed E-state index contributed by atoms with van der Waals surface area (Å²) in [4.78, 5) is 10.9. The topological polar surface area (TPSA) is 85.8 Å². The quantitative estimate of drug-likeness (QED) is 0.209. The molecule has 6 heteroatoms. The Labute approximate surface area is 125 Å². The van der Waals surface area contributed by atoms with Crippen LogP contribution in [0.1, 0.15) is 18.4 Å². The van der Waals surface area contributed by atoms with Crippen molar-refractivity contribution >= 4 is 12.1 Å². The maximum atomic E-state index is 10.9. The summed E-state index contributed by atoms with van der Waals surface area (Å²) in [5.74, 6) is -0.373. The van der Waals surface area contributed by atoms with E-state index in [9.17, 15) is 4.79 Å². The van der Waals surface area contributed by atoms with Gasteiger partial charge in [0, 0.05) is 13.1 Å². The summed E-state index contributed by atoms with van der Waals surface area (Å²) in [7, 11) is 0. The minimum absolute atomic E-state index is 0.373. The molecule has 0 spiro atoms. The smallest absolute Gasteiger partial charge is 0.265 e. The van der Waals surface area contributed by atoms with E-state index in [4.69, 9.17) is 5.21 Å². The molecule has 6 nitrogen and oxygen atoms in total. The van der Waals surface area contributed by atoms with Crippen LogP contribution >= 0.6 is 0 Å². The van der Waals surface area contributed by atoms with Gasteiger partial charge in [-0.2, -0.15) is 0 Å². The molecule has 0 fully saturated rings. The third-order valence-electron chi connectivity index (χ3n) is 2.88. The fraction of sp³-hybridized carbons (Fsp3) is 0.467. The molecule has 1 aromatic rings. The summed E-state index contributed by atoms with van der Waals surface area (Å²) < 4.78 is 0. The van der Waals surface area contributed by atoms with Gasteiger partial charge in [-0.3, -0.25) is 4.79 Å². The molecule has 0 bridgehead atoms. The fourth-order valence-electron chi connectivity index (χ4n) is 1.82. The number of rotatable bonds is 11. The number of carbonyl (C=O) groups is 1. The zero-order valence-electron chi connectivity index (χ0n) is 12.2. The van der Waals surface area contributed by atoms with Crippen molar-refractivity contribution in [2.45, 2.75) is 19.4 Å². The van der Waals surface area contributed by atoms with Crippen molar-refractivity contribution < 1.29 is 10.0 Å². The van der Waals surface area contributed by atoms with E-state index in [0.717, 1.165) is 45.2 Å². The van der Waals surface area contributed by atoms with Gasteiger partial charge in [0.2, 0.25) is 0 Å². The van der Waals surface area contributed by atoms with Crippen molar-refractivity contribution in [3.63, 3.8) is 0 Å². The number of hydrogen-bond acceptors (Lipinski definition) is 5. The molecule has 21 heavy (non-hydrogen) atoms. The molecule has 0 aliphatic heterocycles. The van der Waals surface area contributed by atoms with Gasteiger partial charge in [-0.25, -0.2) is 0 Å². The average molecular weight is 292 g/mol. The van der Waals surface area contributed by atoms with Crippen LogP contribution in [0.15, 0.2) is 35.5 Å². The summed E-state index contributed by atoms with van der Waals surface area (Å²) in [5.41, 5.74) is 1.30. The lowest BCUT2D eigenvalue weighted by atomic mass is 10.2. The van der Waals surface area contributed by atoms with Gasteiger partial charge in [0.15, 0.2) is 0 Å². The predicted molar refractivity (Wildman–Crippen MR) is 83.5 cm³/mol. The zero-order chi connectivity index (χ0) is 15.2. The second kappa shape index (κ2) is 11.9. The van der Waals surface area contributed by atoms with Crippen LogP contribution in [0.3, 0.4) is 0 Å². The van der Waals surface area contributed by atoms with E-state index >= 15 is 0 Å². The largest absolute Gasteiger partial charge is 0.411 e. The molecule has 0 aliphatic rings. The lowest BCUT2D eigenvalue weighted by Gasteiger charge is -2.07. The highest BCUT2D eigenvalue weighted by atomic mass is 16.4. The fourth-order valence-corrected chi connectivity index (χ4v) is 1.82. The van der Waals surface area contributed by atoms with Crippen molar-refractivity contribution in [1.82, 2.24) is 16.0 Å². The molecule has 116 valence electrons. The summed E-state index contributed by atoms with van der Waals surface area (Å²) in [6, 6.07) is 10.3. The first-order chi connectivity index (χ1) is 10.3. The Bertz CT molecular complexity index is 409. The summed E-state index contributed by atoms with van der Waals surface area (Å²) in [5, 5.41) is 20.1. The van der Waals surface area contributed by atoms with Gasteiger partial charge in [0.1, 0.15) is 6.21 Å². The number of nitrogens with one attached hydrogen (secondary N) is 3. The molecule has 0 aromatic heterocycles. The highest BCUT2D eigenvalue weighted by molar-refractivity contribution is 6.25. The summed E-state index contributed by atoms with van der Waals surface area (Å²) in [6.07, 6.45) is 2.77. The Morgan fingerprint density at radius 3 is 2.43 bits per heavy atom. The van der Waals surface area contributed by atoms with Gasteiger partial charge in [0.05, 0.1) is 0 Å². The Morgan fingerprint density at radius 1 is 1.05 bits per heavy atom. The Kier molecular flexibility index (Phi) is 9.68. The molecular weight excluding hydrogens is 268 g/mol. The Morgan fingerprint density at radius 2 is 1.71 bits per heavy atom. The highest BCUT2D eigenvalue weighted by Gasteiger charge is 1.95. The van der Waals surface area contributed by atoms with Crippen LogP contribution in [0.2, 0.25) is 0 Å². The van der Waals surface area contributed by atoms with Crippen molar-refractivity contribution in [2.24, 2.45) is 5.16 Å². The molecule has 0 aliphatic carbocycles. The monoisotopic (exact) mass is 292 g/mol. The van der Waals surface area contributed by atoms with E-state index in [2.05, 4.69) is 33.2 Å². The van der Waals surface area contributed by atoms with Crippen molar-refractivity contribution in [3.8, 4) is 0 Å². The lowest BCUT2D eigenvalue weighted by Crippen LogP contribution is -2.28. The molecule has 0 unspecified atom stereocenters. The summed E-state index contributed by atoms with van der Waals surface area (Å²) in [6.45, 7) is 4.26. The van der Waals surface area contributed by atoms with Crippen LogP contribution in [-0.2, 0) is 11.3 Å². The number of nitrogens with zero attached hydrogens (tertiary/aromatic N) is 1. The number of amides is 1. The van der Waals surface area contributed by atoms with Crippen molar-refractivity contribution in [3.05, 3.63) is 35.9 Å². The van der Waals surface area contributed by atoms with Crippen LogP contribution in [0.25, 0.3) is 0 Å². The summed E-state index contributed by atoms with van der Waals surface area (Å²) >= 11 is 0. The highest BCUT2D eigenvalue weighted by Crippen LogP contribution is 1.96. The molecule has 0 radical (unpaired) electrons. The van der Waals surface area contributed by atoms with E-state index in [1.54, 1.807) is 0 Å². The predicted octanol–water partition coefficient (Wildman–Crippen LogP) is 0.722. The molecule has 4 N–H and O–H groups in total. The Balaban J connectivity index is 1.84.